The molecule has 0 atom stereocenters. The molecule has 0 aliphatic heterocycles. The van der Waals surface area contributed by atoms with Crippen LogP contribution in [0.25, 0.3) is 0 Å². The SMILES string of the molecule is Cc1nn(CC(=O)NCCNC(=O)c2nc(Cn3cc(Br)cn3)no2)c(C)c1I. The average molecular weight is 577 g/mol. The molecule has 11 nitrogen and oxygen atoms in total. The molecule has 0 aliphatic carbocycles. The molecule has 0 saturated heterocycles. The van der Waals surface area contributed by atoms with Crippen LogP contribution in [0, 0.1) is 17.4 Å². The minimum Gasteiger partial charge on any atom is -0.353 e. The molecule has 0 saturated carbocycles. The molecule has 0 aliphatic rings. The predicted molar refractivity (Wildman–Crippen MR) is 113 cm³/mol. The van der Waals surface area contributed by atoms with Crippen molar-refractivity contribution in [2.45, 2.75) is 26.9 Å². The first-order chi connectivity index (χ1) is 13.8. The molecule has 0 radical (unpaired) electrons. The summed E-state index contributed by atoms with van der Waals surface area (Å²) in [5.41, 5.74) is 1.84. The van der Waals surface area contributed by atoms with Gasteiger partial charge >= 0.3 is 11.8 Å². The number of aromatic nitrogens is 6. The van der Waals surface area contributed by atoms with Gasteiger partial charge in [-0.2, -0.15) is 15.2 Å². The summed E-state index contributed by atoms with van der Waals surface area (Å²) in [6, 6.07) is 0. The van der Waals surface area contributed by atoms with Crippen LogP contribution in [0.5, 0.6) is 0 Å². The number of hydrogen-bond acceptors (Lipinski definition) is 7. The highest BCUT2D eigenvalue weighted by Gasteiger charge is 2.16. The predicted octanol–water partition coefficient (Wildman–Crippen LogP) is 1.04. The molecule has 29 heavy (non-hydrogen) atoms. The van der Waals surface area contributed by atoms with E-state index >= 15 is 0 Å². The van der Waals surface area contributed by atoms with Crippen molar-refractivity contribution in [2.75, 3.05) is 13.1 Å². The Labute approximate surface area is 187 Å². The molecule has 2 N–H and O–H groups in total. The third-order valence-electron chi connectivity index (χ3n) is 3.89. The summed E-state index contributed by atoms with van der Waals surface area (Å²) in [4.78, 5) is 28.1. The topological polar surface area (TPSA) is 133 Å². The van der Waals surface area contributed by atoms with Crippen molar-refractivity contribution < 1.29 is 14.1 Å². The number of carbonyl (C=O) groups excluding carboxylic acids is 2. The minimum atomic E-state index is -0.507. The third kappa shape index (κ3) is 5.62. The van der Waals surface area contributed by atoms with Crippen molar-refractivity contribution in [1.82, 2.24) is 40.3 Å². The minimum absolute atomic E-state index is 0.125. The fourth-order valence-electron chi connectivity index (χ4n) is 2.45. The molecule has 0 aromatic carbocycles. The van der Waals surface area contributed by atoms with E-state index in [4.69, 9.17) is 4.52 Å². The van der Waals surface area contributed by atoms with Crippen molar-refractivity contribution >= 4 is 50.3 Å². The maximum absolute atomic E-state index is 12.1. The number of nitrogens with one attached hydrogen (secondary N) is 2. The van der Waals surface area contributed by atoms with Gasteiger partial charge in [0.1, 0.15) is 13.1 Å². The molecule has 0 unspecified atom stereocenters. The lowest BCUT2D eigenvalue weighted by molar-refractivity contribution is -0.121. The first kappa shape index (κ1) is 21.4. The molecular formula is C16H18BrIN8O3. The third-order valence-corrected chi connectivity index (χ3v) is 5.86. The maximum atomic E-state index is 12.1. The van der Waals surface area contributed by atoms with Gasteiger partial charge < -0.3 is 15.2 Å². The first-order valence-corrected chi connectivity index (χ1v) is 10.5. The van der Waals surface area contributed by atoms with Crippen molar-refractivity contribution in [3.8, 4) is 0 Å². The molecule has 0 fully saturated rings. The van der Waals surface area contributed by atoms with Crippen LogP contribution in [-0.2, 0) is 17.9 Å². The lowest BCUT2D eigenvalue weighted by Gasteiger charge is -2.07. The molecule has 3 aromatic rings. The number of rotatable bonds is 8. The largest absolute Gasteiger partial charge is 0.353 e. The second kappa shape index (κ2) is 9.47. The van der Waals surface area contributed by atoms with Gasteiger partial charge in [-0.15, -0.1) is 0 Å². The van der Waals surface area contributed by atoms with Gasteiger partial charge in [-0.1, -0.05) is 5.16 Å². The van der Waals surface area contributed by atoms with Crippen LogP contribution in [0.2, 0.25) is 0 Å². The van der Waals surface area contributed by atoms with Gasteiger partial charge in [0.25, 0.3) is 0 Å². The Morgan fingerprint density at radius 1 is 1.28 bits per heavy atom. The molecule has 2 amide bonds. The monoisotopic (exact) mass is 576 g/mol. The summed E-state index contributed by atoms with van der Waals surface area (Å²) >= 11 is 5.50. The van der Waals surface area contributed by atoms with E-state index in [1.165, 1.54) is 0 Å². The number of halogens is 2. The van der Waals surface area contributed by atoms with Gasteiger partial charge in [0.15, 0.2) is 5.82 Å². The van der Waals surface area contributed by atoms with Crippen LogP contribution in [-0.4, -0.2) is 54.6 Å². The van der Waals surface area contributed by atoms with E-state index in [0.717, 1.165) is 19.4 Å². The Morgan fingerprint density at radius 2 is 2.03 bits per heavy atom. The zero-order valence-corrected chi connectivity index (χ0v) is 19.4. The Bertz CT molecular complexity index is 1030. The van der Waals surface area contributed by atoms with Crippen LogP contribution in [0.15, 0.2) is 21.4 Å². The molecule has 3 rings (SSSR count). The van der Waals surface area contributed by atoms with Gasteiger partial charge in [-0.3, -0.25) is 19.0 Å². The molecule has 154 valence electrons. The molecule has 3 aromatic heterocycles. The fraction of sp³-hybridized carbons (Fsp3) is 0.375. The average Bonchev–Trinajstić information content (AvgIpc) is 3.37. The second-order valence-electron chi connectivity index (χ2n) is 6.12. The van der Waals surface area contributed by atoms with E-state index in [1.54, 1.807) is 21.8 Å². The second-order valence-corrected chi connectivity index (χ2v) is 8.11. The van der Waals surface area contributed by atoms with Gasteiger partial charge in [-0.05, 0) is 52.4 Å². The Hall–Kier alpha value is -2.29. The summed E-state index contributed by atoms with van der Waals surface area (Å²) in [5, 5.41) is 17.5. The van der Waals surface area contributed by atoms with E-state index in [0.29, 0.717) is 5.82 Å². The smallest absolute Gasteiger partial charge is 0.316 e. The zero-order chi connectivity index (χ0) is 21.0. The summed E-state index contributed by atoms with van der Waals surface area (Å²) in [7, 11) is 0. The van der Waals surface area contributed by atoms with Gasteiger partial charge in [0.2, 0.25) is 5.91 Å². The lowest BCUT2D eigenvalue weighted by Crippen LogP contribution is -2.36. The normalized spacial score (nSPS) is 10.9. The molecular weight excluding hydrogens is 559 g/mol. The summed E-state index contributed by atoms with van der Waals surface area (Å²) < 4.78 is 10.1. The van der Waals surface area contributed by atoms with Crippen LogP contribution in [0.3, 0.4) is 0 Å². The van der Waals surface area contributed by atoms with Crippen LogP contribution in [0.4, 0.5) is 0 Å². The van der Waals surface area contributed by atoms with Gasteiger partial charge in [0, 0.05) is 25.0 Å². The van der Waals surface area contributed by atoms with Crippen molar-refractivity contribution in [2.24, 2.45) is 0 Å². The highest BCUT2D eigenvalue weighted by atomic mass is 127. The van der Waals surface area contributed by atoms with Crippen molar-refractivity contribution in [1.29, 1.82) is 0 Å². The summed E-state index contributed by atoms with van der Waals surface area (Å²) in [5.74, 6) is -0.507. The standard InChI is InChI=1S/C16H18BrIN8O3/c1-9-14(18)10(2)26(23-9)8-13(27)19-3-4-20-15(28)16-22-12(24-29-16)7-25-6-11(17)5-21-25/h5-6H,3-4,7-8H2,1-2H3,(H,19,27)(H,20,28). The van der Waals surface area contributed by atoms with Crippen LogP contribution < -0.4 is 10.6 Å². The number of nitrogens with zero attached hydrogens (tertiary/aromatic N) is 6. The fourth-order valence-corrected chi connectivity index (χ4v) is 3.17. The van der Waals surface area contributed by atoms with Crippen molar-refractivity contribution in [3.63, 3.8) is 0 Å². The highest BCUT2D eigenvalue weighted by molar-refractivity contribution is 14.1. The molecule has 3 heterocycles. The van der Waals surface area contributed by atoms with E-state index in [-0.39, 0.29) is 38.0 Å². The Morgan fingerprint density at radius 3 is 2.69 bits per heavy atom. The lowest BCUT2D eigenvalue weighted by atomic mass is 10.4. The molecule has 13 heteroatoms. The number of hydrogen-bond donors (Lipinski definition) is 2. The van der Waals surface area contributed by atoms with E-state index in [1.807, 2.05) is 13.8 Å². The van der Waals surface area contributed by atoms with Crippen LogP contribution >= 0.6 is 38.5 Å². The highest BCUT2D eigenvalue weighted by Crippen LogP contribution is 2.14. The number of carbonyl (C=O) groups is 2. The van der Waals surface area contributed by atoms with Gasteiger partial charge in [0.05, 0.1) is 19.9 Å². The molecule has 0 bridgehead atoms. The Balaban J connectivity index is 1.40. The van der Waals surface area contributed by atoms with Gasteiger partial charge in [-0.25, -0.2) is 0 Å². The van der Waals surface area contributed by atoms with Crippen LogP contribution in [0.1, 0.15) is 27.9 Å². The van der Waals surface area contributed by atoms with E-state index in [9.17, 15) is 9.59 Å². The van der Waals surface area contributed by atoms with E-state index in [2.05, 4.69) is 69.5 Å². The van der Waals surface area contributed by atoms with E-state index < -0.39 is 5.91 Å². The summed E-state index contributed by atoms with van der Waals surface area (Å²) in [6.07, 6.45) is 3.39. The quantitative estimate of drug-likeness (QED) is 0.302. The summed E-state index contributed by atoms with van der Waals surface area (Å²) in [6.45, 7) is 4.71. The maximum Gasteiger partial charge on any atom is 0.316 e. The first-order valence-electron chi connectivity index (χ1n) is 8.58. The Kier molecular flexibility index (Phi) is 7.00. The zero-order valence-electron chi connectivity index (χ0n) is 15.6. The van der Waals surface area contributed by atoms with Crippen molar-refractivity contribution in [3.05, 3.63) is 43.5 Å². The molecule has 0 spiro atoms. The number of aryl methyl sites for hydroxylation is 1. The number of amides is 2.